The summed E-state index contributed by atoms with van der Waals surface area (Å²) in [7, 11) is 0. The highest BCUT2D eigenvalue weighted by Crippen LogP contribution is 2.34. The summed E-state index contributed by atoms with van der Waals surface area (Å²) in [5.74, 6) is 0. The van der Waals surface area contributed by atoms with E-state index in [1.165, 1.54) is 25.7 Å². The summed E-state index contributed by atoms with van der Waals surface area (Å²) in [6, 6.07) is 0. The average Bonchev–Trinajstić information content (AvgIpc) is 2.10. The van der Waals surface area contributed by atoms with Gasteiger partial charge in [-0.3, -0.25) is 0 Å². The van der Waals surface area contributed by atoms with Crippen LogP contribution in [0.2, 0.25) is 0 Å². The Hall–Kier alpha value is -0.260. The number of hydrogen-bond donors (Lipinski definition) is 0. The van der Waals surface area contributed by atoms with Gasteiger partial charge in [0.2, 0.25) is 0 Å². The monoisotopic (exact) mass is 154 g/mol. The van der Waals surface area contributed by atoms with Crippen molar-refractivity contribution in [3.8, 4) is 0 Å². The van der Waals surface area contributed by atoms with E-state index in [4.69, 9.17) is 0 Å². The largest absolute Gasteiger partial charge is 0.0885 e. The molecule has 0 bridgehead atoms. The molecule has 0 heterocycles. The molecule has 0 aliphatic heterocycles. The molecule has 0 nitrogen and oxygen atoms in total. The summed E-state index contributed by atoms with van der Waals surface area (Å²) in [5, 5.41) is 0. The van der Waals surface area contributed by atoms with E-state index < -0.39 is 0 Å². The molecule has 0 aromatic carbocycles. The van der Waals surface area contributed by atoms with Gasteiger partial charge >= 0.3 is 0 Å². The van der Waals surface area contributed by atoms with Crippen LogP contribution in [0.5, 0.6) is 0 Å². The highest BCUT2D eigenvalue weighted by Gasteiger charge is 2.21. The van der Waals surface area contributed by atoms with Gasteiger partial charge in [0.05, 0.1) is 0 Å². The minimum Gasteiger partial charge on any atom is -0.0885 e. The SMILES string of the molecule is CC.CCC1(C)CC=CCC1. The van der Waals surface area contributed by atoms with E-state index >= 15 is 0 Å². The summed E-state index contributed by atoms with van der Waals surface area (Å²) >= 11 is 0. The fourth-order valence-electron chi connectivity index (χ4n) is 1.34. The van der Waals surface area contributed by atoms with Crippen LogP contribution < -0.4 is 0 Å². The van der Waals surface area contributed by atoms with Gasteiger partial charge < -0.3 is 0 Å². The second kappa shape index (κ2) is 5.40. The Morgan fingerprint density at radius 2 is 1.91 bits per heavy atom. The molecule has 0 N–H and O–H groups in total. The molecule has 0 heteroatoms. The van der Waals surface area contributed by atoms with E-state index in [1.807, 2.05) is 13.8 Å². The highest BCUT2D eigenvalue weighted by molar-refractivity contribution is 4.95. The molecule has 1 atom stereocenters. The molecule has 0 aromatic heterocycles. The molecule has 1 aliphatic carbocycles. The van der Waals surface area contributed by atoms with Crippen molar-refractivity contribution >= 4 is 0 Å². The first-order valence-corrected chi connectivity index (χ1v) is 4.92. The number of allylic oxidation sites excluding steroid dienone is 2. The Balaban J connectivity index is 0.000000461. The van der Waals surface area contributed by atoms with Crippen LogP contribution in [0.3, 0.4) is 0 Å². The highest BCUT2D eigenvalue weighted by atomic mass is 14.3. The Bertz CT molecular complexity index is 113. The minimum atomic E-state index is 0.634. The standard InChI is InChI=1S/C9H16.C2H6/c1-3-9(2)7-5-4-6-8-9;1-2/h4-5H,3,6-8H2,1-2H3;1-2H3. The van der Waals surface area contributed by atoms with E-state index in [0.717, 1.165) is 0 Å². The van der Waals surface area contributed by atoms with Crippen LogP contribution in [0.25, 0.3) is 0 Å². The Labute approximate surface area is 71.7 Å². The molecule has 0 spiro atoms. The molecule has 11 heavy (non-hydrogen) atoms. The number of rotatable bonds is 1. The van der Waals surface area contributed by atoms with Gasteiger partial charge in [0, 0.05) is 0 Å². The summed E-state index contributed by atoms with van der Waals surface area (Å²) in [6.45, 7) is 8.68. The van der Waals surface area contributed by atoms with E-state index in [2.05, 4.69) is 26.0 Å². The zero-order valence-corrected chi connectivity index (χ0v) is 8.48. The fourth-order valence-corrected chi connectivity index (χ4v) is 1.34. The lowest BCUT2D eigenvalue weighted by Gasteiger charge is -2.28. The molecule has 0 amide bonds. The summed E-state index contributed by atoms with van der Waals surface area (Å²) in [4.78, 5) is 0. The van der Waals surface area contributed by atoms with E-state index in [0.29, 0.717) is 5.41 Å². The van der Waals surface area contributed by atoms with Gasteiger partial charge in [-0.2, -0.15) is 0 Å². The van der Waals surface area contributed by atoms with Gasteiger partial charge in [0.25, 0.3) is 0 Å². The molecular formula is C11H22. The second-order valence-corrected chi connectivity index (χ2v) is 3.38. The summed E-state index contributed by atoms with van der Waals surface area (Å²) in [6.07, 6.45) is 9.94. The van der Waals surface area contributed by atoms with E-state index in [9.17, 15) is 0 Å². The lowest BCUT2D eigenvalue weighted by molar-refractivity contribution is 0.281. The van der Waals surface area contributed by atoms with Crippen LogP contribution in [0.15, 0.2) is 12.2 Å². The zero-order valence-electron chi connectivity index (χ0n) is 8.48. The molecule has 0 fully saturated rings. The molecule has 0 radical (unpaired) electrons. The smallest absolute Gasteiger partial charge is 0.0291 e. The third-order valence-corrected chi connectivity index (χ3v) is 2.55. The van der Waals surface area contributed by atoms with Crippen LogP contribution >= 0.6 is 0 Å². The van der Waals surface area contributed by atoms with Gasteiger partial charge in [-0.1, -0.05) is 46.3 Å². The van der Waals surface area contributed by atoms with Crippen molar-refractivity contribution in [1.82, 2.24) is 0 Å². The van der Waals surface area contributed by atoms with Crippen molar-refractivity contribution in [2.24, 2.45) is 5.41 Å². The molecule has 0 saturated heterocycles. The first-order valence-electron chi connectivity index (χ1n) is 4.92. The van der Waals surface area contributed by atoms with Gasteiger partial charge in [-0.05, 0) is 24.7 Å². The lowest BCUT2D eigenvalue weighted by atomic mass is 9.77. The van der Waals surface area contributed by atoms with Crippen molar-refractivity contribution in [3.63, 3.8) is 0 Å². The summed E-state index contributed by atoms with van der Waals surface area (Å²) < 4.78 is 0. The van der Waals surface area contributed by atoms with Crippen LogP contribution in [0, 0.1) is 5.41 Å². The maximum absolute atomic E-state index is 2.39. The van der Waals surface area contributed by atoms with Crippen LogP contribution in [0.1, 0.15) is 53.4 Å². The molecule has 66 valence electrons. The zero-order chi connectivity index (χ0) is 8.74. The molecular weight excluding hydrogens is 132 g/mol. The quantitative estimate of drug-likeness (QED) is 0.497. The normalized spacial score (nSPS) is 29.1. The van der Waals surface area contributed by atoms with E-state index in [1.54, 1.807) is 0 Å². The molecule has 0 aromatic rings. The third-order valence-electron chi connectivity index (χ3n) is 2.55. The molecule has 1 unspecified atom stereocenters. The minimum absolute atomic E-state index is 0.634. The predicted octanol–water partition coefficient (Wildman–Crippen LogP) is 4.17. The summed E-state index contributed by atoms with van der Waals surface area (Å²) in [5.41, 5.74) is 0.634. The Morgan fingerprint density at radius 1 is 1.27 bits per heavy atom. The van der Waals surface area contributed by atoms with Crippen LogP contribution in [-0.4, -0.2) is 0 Å². The van der Waals surface area contributed by atoms with Crippen LogP contribution in [-0.2, 0) is 0 Å². The Morgan fingerprint density at radius 3 is 2.18 bits per heavy atom. The first kappa shape index (κ1) is 10.7. The lowest BCUT2D eigenvalue weighted by Crippen LogP contribution is -2.15. The average molecular weight is 154 g/mol. The first-order chi connectivity index (χ1) is 5.27. The van der Waals surface area contributed by atoms with Gasteiger partial charge in [0.1, 0.15) is 0 Å². The van der Waals surface area contributed by atoms with Crippen molar-refractivity contribution in [2.45, 2.75) is 53.4 Å². The predicted molar refractivity (Wildman–Crippen MR) is 52.7 cm³/mol. The van der Waals surface area contributed by atoms with E-state index in [-0.39, 0.29) is 0 Å². The third kappa shape index (κ3) is 3.60. The van der Waals surface area contributed by atoms with Gasteiger partial charge in [-0.25, -0.2) is 0 Å². The molecule has 1 aliphatic rings. The molecule has 1 rings (SSSR count). The number of hydrogen-bond acceptors (Lipinski definition) is 0. The van der Waals surface area contributed by atoms with Crippen molar-refractivity contribution < 1.29 is 0 Å². The topological polar surface area (TPSA) is 0 Å². The van der Waals surface area contributed by atoms with Crippen molar-refractivity contribution in [3.05, 3.63) is 12.2 Å². The fraction of sp³-hybridized carbons (Fsp3) is 0.818. The molecule has 0 saturated carbocycles. The Kier molecular flexibility index (Phi) is 5.27. The second-order valence-electron chi connectivity index (χ2n) is 3.38. The van der Waals surface area contributed by atoms with Crippen molar-refractivity contribution in [2.75, 3.05) is 0 Å². The maximum atomic E-state index is 2.39. The van der Waals surface area contributed by atoms with Crippen molar-refractivity contribution in [1.29, 1.82) is 0 Å². The van der Waals surface area contributed by atoms with Gasteiger partial charge in [0.15, 0.2) is 0 Å². The van der Waals surface area contributed by atoms with Crippen LogP contribution in [0.4, 0.5) is 0 Å². The van der Waals surface area contributed by atoms with Gasteiger partial charge in [-0.15, -0.1) is 0 Å². The maximum Gasteiger partial charge on any atom is -0.0291 e.